The lowest BCUT2D eigenvalue weighted by Crippen LogP contribution is -2.07. The lowest BCUT2D eigenvalue weighted by atomic mass is 10.1. The maximum absolute atomic E-state index is 13.3. The number of rotatable bonds is 4. The molecule has 0 radical (unpaired) electrons. The molecule has 1 atom stereocenters. The smallest absolute Gasteiger partial charge is 0.272 e. The van der Waals surface area contributed by atoms with E-state index in [2.05, 4.69) is 0 Å². The zero-order chi connectivity index (χ0) is 15.6. The van der Waals surface area contributed by atoms with Crippen molar-refractivity contribution in [3.05, 3.63) is 63.5 Å². The number of hydrogen-bond donors (Lipinski definition) is 1. The first-order valence-electron chi connectivity index (χ1n) is 6.36. The van der Waals surface area contributed by atoms with Crippen LogP contribution < -0.4 is 10.5 Å². The first-order valence-corrected chi connectivity index (χ1v) is 6.36. The Balaban J connectivity index is 2.34. The molecule has 0 spiro atoms. The van der Waals surface area contributed by atoms with E-state index < -0.39 is 16.8 Å². The third-order valence-electron chi connectivity index (χ3n) is 3.06. The lowest BCUT2D eigenvalue weighted by Gasteiger charge is -2.14. The fourth-order valence-electron chi connectivity index (χ4n) is 1.99. The summed E-state index contributed by atoms with van der Waals surface area (Å²) in [6.45, 7) is 3.35. The SMILES string of the molecule is Cc1cc(Oc2ccc(F)cc2C(C)N)ccc1[N+](=O)[O-]. The van der Waals surface area contributed by atoms with Gasteiger partial charge in [0, 0.05) is 23.2 Å². The molecule has 5 nitrogen and oxygen atoms in total. The van der Waals surface area contributed by atoms with Gasteiger partial charge < -0.3 is 10.5 Å². The predicted octanol–water partition coefficient (Wildman–Crippen LogP) is 3.85. The highest BCUT2D eigenvalue weighted by Gasteiger charge is 2.14. The van der Waals surface area contributed by atoms with E-state index in [1.807, 2.05) is 0 Å². The summed E-state index contributed by atoms with van der Waals surface area (Å²) in [4.78, 5) is 10.3. The second kappa shape index (κ2) is 5.88. The molecule has 0 aliphatic carbocycles. The van der Waals surface area contributed by atoms with Crippen LogP contribution in [-0.4, -0.2) is 4.92 Å². The number of halogens is 1. The summed E-state index contributed by atoms with van der Waals surface area (Å²) in [6, 6.07) is 8.13. The van der Waals surface area contributed by atoms with Gasteiger partial charge in [0.25, 0.3) is 5.69 Å². The molecule has 0 amide bonds. The van der Waals surface area contributed by atoms with Gasteiger partial charge in [-0.15, -0.1) is 0 Å². The van der Waals surface area contributed by atoms with Crippen LogP contribution in [0.1, 0.15) is 24.1 Å². The molecule has 0 aliphatic heterocycles. The van der Waals surface area contributed by atoms with Gasteiger partial charge in [-0.2, -0.15) is 0 Å². The molecule has 0 aromatic heterocycles. The number of nitrogens with zero attached hydrogens (tertiary/aromatic N) is 1. The Morgan fingerprint density at radius 2 is 2.00 bits per heavy atom. The van der Waals surface area contributed by atoms with Crippen LogP contribution in [0, 0.1) is 22.9 Å². The van der Waals surface area contributed by atoms with Crippen LogP contribution in [0.5, 0.6) is 11.5 Å². The average molecular weight is 290 g/mol. The van der Waals surface area contributed by atoms with Gasteiger partial charge in [0.15, 0.2) is 0 Å². The molecule has 110 valence electrons. The summed E-state index contributed by atoms with van der Waals surface area (Å²) in [7, 11) is 0. The van der Waals surface area contributed by atoms with E-state index in [0.717, 1.165) is 0 Å². The Hall–Kier alpha value is -2.47. The Labute approximate surface area is 121 Å². The largest absolute Gasteiger partial charge is 0.457 e. The Morgan fingerprint density at radius 1 is 1.29 bits per heavy atom. The number of nitrogens with two attached hydrogens (primary N) is 1. The van der Waals surface area contributed by atoms with E-state index in [0.29, 0.717) is 22.6 Å². The van der Waals surface area contributed by atoms with Crippen LogP contribution in [0.4, 0.5) is 10.1 Å². The zero-order valence-corrected chi connectivity index (χ0v) is 11.7. The minimum absolute atomic E-state index is 0.0221. The van der Waals surface area contributed by atoms with Crippen LogP contribution in [0.15, 0.2) is 36.4 Å². The summed E-state index contributed by atoms with van der Waals surface area (Å²) >= 11 is 0. The number of nitro benzene ring substituents is 1. The maximum atomic E-state index is 13.3. The molecular weight excluding hydrogens is 275 g/mol. The van der Waals surface area contributed by atoms with Gasteiger partial charge in [0.05, 0.1) is 4.92 Å². The molecule has 1 unspecified atom stereocenters. The Kier molecular flexibility index (Phi) is 4.18. The fourth-order valence-corrected chi connectivity index (χ4v) is 1.99. The molecule has 0 saturated carbocycles. The highest BCUT2D eigenvalue weighted by Crippen LogP contribution is 2.31. The van der Waals surface area contributed by atoms with Crippen molar-refractivity contribution in [2.75, 3.05) is 0 Å². The van der Waals surface area contributed by atoms with Gasteiger partial charge in [0.2, 0.25) is 0 Å². The van der Waals surface area contributed by atoms with Crippen LogP contribution in [0.25, 0.3) is 0 Å². The van der Waals surface area contributed by atoms with Gasteiger partial charge >= 0.3 is 0 Å². The van der Waals surface area contributed by atoms with E-state index in [4.69, 9.17) is 10.5 Å². The van der Waals surface area contributed by atoms with Gasteiger partial charge in [-0.05, 0) is 44.2 Å². The van der Waals surface area contributed by atoms with Crippen molar-refractivity contribution in [1.82, 2.24) is 0 Å². The minimum Gasteiger partial charge on any atom is -0.457 e. The van der Waals surface area contributed by atoms with Crippen molar-refractivity contribution < 1.29 is 14.1 Å². The highest BCUT2D eigenvalue weighted by atomic mass is 19.1. The van der Waals surface area contributed by atoms with E-state index in [1.54, 1.807) is 19.9 Å². The van der Waals surface area contributed by atoms with E-state index in [9.17, 15) is 14.5 Å². The summed E-state index contributed by atoms with van der Waals surface area (Å²) in [5, 5.41) is 10.8. The summed E-state index contributed by atoms with van der Waals surface area (Å²) in [5.41, 5.74) is 6.84. The van der Waals surface area contributed by atoms with Crippen LogP contribution in [0.3, 0.4) is 0 Å². The zero-order valence-electron chi connectivity index (χ0n) is 11.7. The normalized spacial score (nSPS) is 12.0. The molecule has 2 N–H and O–H groups in total. The van der Waals surface area contributed by atoms with Gasteiger partial charge in [-0.25, -0.2) is 4.39 Å². The van der Waals surface area contributed by atoms with Crippen molar-refractivity contribution in [3.8, 4) is 11.5 Å². The van der Waals surface area contributed by atoms with Crippen LogP contribution in [-0.2, 0) is 0 Å². The average Bonchev–Trinajstić information content (AvgIpc) is 2.40. The number of benzene rings is 2. The lowest BCUT2D eigenvalue weighted by molar-refractivity contribution is -0.385. The van der Waals surface area contributed by atoms with Crippen molar-refractivity contribution in [2.45, 2.75) is 19.9 Å². The number of nitro groups is 1. The van der Waals surface area contributed by atoms with Crippen molar-refractivity contribution in [2.24, 2.45) is 5.73 Å². The van der Waals surface area contributed by atoms with E-state index >= 15 is 0 Å². The second-order valence-corrected chi connectivity index (χ2v) is 4.78. The number of hydrogen-bond acceptors (Lipinski definition) is 4. The third kappa shape index (κ3) is 3.35. The van der Waals surface area contributed by atoms with Gasteiger partial charge in [0.1, 0.15) is 17.3 Å². The highest BCUT2D eigenvalue weighted by molar-refractivity contribution is 5.47. The molecule has 0 fully saturated rings. The van der Waals surface area contributed by atoms with Crippen molar-refractivity contribution >= 4 is 5.69 Å². The van der Waals surface area contributed by atoms with Crippen molar-refractivity contribution in [1.29, 1.82) is 0 Å². The summed E-state index contributed by atoms with van der Waals surface area (Å²) in [6.07, 6.45) is 0. The van der Waals surface area contributed by atoms with E-state index in [1.165, 1.54) is 30.3 Å². The van der Waals surface area contributed by atoms with Gasteiger partial charge in [-0.3, -0.25) is 10.1 Å². The molecule has 0 heterocycles. The quantitative estimate of drug-likeness (QED) is 0.685. The Bertz CT molecular complexity index is 687. The first-order chi connectivity index (χ1) is 9.88. The molecule has 6 heteroatoms. The molecule has 2 aromatic rings. The number of ether oxygens (including phenoxy) is 1. The third-order valence-corrected chi connectivity index (χ3v) is 3.06. The fraction of sp³-hybridized carbons (Fsp3) is 0.200. The van der Waals surface area contributed by atoms with Gasteiger partial charge in [-0.1, -0.05) is 0 Å². The van der Waals surface area contributed by atoms with Crippen molar-refractivity contribution in [3.63, 3.8) is 0 Å². The molecule has 2 aromatic carbocycles. The van der Waals surface area contributed by atoms with E-state index in [-0.39, 0.29) is 5.69 Å². The monoisotopic (exact) mass is 290 g/mol. The predicted molar refractivity (Wildman–Crippen MR) is 76.9 cm³/mol. The maximum Gasteiger partial charge on any atom is 0.272 e. The van der Waals surface area contributed by atoms with Crippen LogP contribution >= 0.6 is 0 Å². The molecule has 2 rings (SSSR count). The number of aryl methyl sites for hydroxylation is 1. The Morgan fingerprint density at radius 3 is 2.57 bits per heavy atom. The first kappa shape index (κ1) is 14.9. The standard InChI is InChI=1S/C15H15FN2O3/c1-9-7-12(4-5-14(9)18(19)20)21-15-6-3-11(16)8-13(15)10(2)17/h3-8,10H,17H2,1-2H3. The molecule has 0 saturated heterocycles. The molecular formula is C15H15FN2O3. The minimum atomic E-state index is -0.454. The van der Waals surface area contributed by atoms with Crippen LogP contribution in [0.2, 0.25) is 0 Å². The summed E-state index contributed by atoms with van der Waals surface area (Å²) in [5.74, 6) is 0.473. The topological polar surface area (TPSA) is 78.4 Å². The molecule has 0 bridgehead atoms. The second-order valence-electron chi connectivity index (χ2n) is 4.78. The summed E-state index contributed by atoms with van der Waals surface area (Å²) < 4.78 is 18.9. The molecule has 0 aliphatic rings. The molecule has 21 heavy (non-hydrogen) atoms.